The lowest BCUT2D eigenvalue weighted by Gasteiger charge is -2.27. The zero-order valence-corrected chi connectivity index (χ0v) is 39.2. The van der Waals surface area contributed by atoms with Crippen molar-refractivity contribution >= 4 is 66.9 Å². The van der Waals surface area contributed by atoms with Crippen molar-refractivity contribution in [3.05, 3.63) is 66.1 Å². The van der Waals surface area contributed by atoms with Crippen molar-refractivity contribution in [1.29, 1.82) is 0 Å². The number of pyridine rings is 1. The second kappa shape index (κ2) is 19.7. The minimum absolute atomic E-state index is 0.0154. The number of para-hydroxylation sites is 1. The maximum Gasteiger partial charge on any atom is 0.407 e. The van der Waals surface area contributed by atoms with Crippen molar-refractivity contribution in [2.75, 3.05) is 37.4 Å². The summed E-state index contributed by atoms with van der Waals surface area (Å²) in [6.45, 7) is 9.70. The van der Waals surface area contributed by atoms with E-state index < -0.39 is 63.0 Å². The van der Waals surface area contributed by atoms with Crippen LogP contribution < -0.4 is 35.5 Å². The van der Waals surface area contributed by atoms with Gasteiger partial charge in [-0.15, -0.1) is 11.3 Å². The summed E-state index contributed by atoms with van der Waals surface area (Å²) in [5, 5.41) is 15.3. The first-order valence-electron chi connectivity index (χ1n) is 22.0. The third-order valence-electron chi connectivity index (χ3n) is 11.2. The highest BCUT2D eigenvalue weighted by molar-refractivity contribution is 7.90. The second-order valence-corrected chi connectivity index (χ2v) is 20.4. The Morgan fingerprint density at radius 3 is 2.62 bits per heavy atom. The minimum Gasteiger partial charge on any atom is -0.497 e. The topological polar surface area (TPSA) is 219 Å². The van der Waals surface area contributed by atoms with Crippen LogP contribution in [0.4, 0.5) is 15.6 Å². The monoisotopic (exact) mass is 930 g/mol. The number of hydrogen-bond donors (Lipinski definition) is 5. The molecule has 1 unspecified atom stereocenters. The number of alkyl carbamates (subject to hydrolysis) is 1. The molecule has 2 fully saturated rings. The maximum absolute atomic E-state index is 14.7. The fourth-order valence-electron chi connectivity index (χ4n) is 8.00. The normalized spacial score (nSPS) is 22.5. The fourth-order valence-corrected chi connectivity index (χ4v) is 10.1. The van der Waals surface area contributed by atoms with Crippen LogP contribution >= 0.6 is 11.3 Å². The third-order valence-corrected chi connectivity index (χ3v) is 13.4. The van der Waals surface area contributed by atoms with Crippen LogP contribution in [0.5, 0.6) is 11.5 Å². The summed E-state index contributed by atoms with van der Waals surface area (Å²) in [6.07, 6.45) is 5.78. The molecule has 0 radical (unpaired) electrons. The van der Waals surface area contributed by atoms with Gasteiger partial charge in [-0.1, -0.05) is 30.7 Å². The molecule has 348 valence electrons. The van der Waals surface area contributed by atoms with Gasteiger partial charge in [-0.25, -0.2) is 27.9 Å². The zero-order valence-electron chi connectivity index (χ0n) is 37.6. The molecule has 7 rings (SSSR count). The van der Waals surface area contributed by atoms with Crippen LogP contribution in [0.3, 0.4) is 0 Å². The molecule has 4 aromatic rings. The summed E-state index contributed by atoms with van der Waals surface area (Å²) in [7, 11) is -2.82. The SMILES string of the molecule is COc1ccc2c(O[C@@H]3C[C@@H](C(=O)N[C@]45CC4/C=C\CCCCCNc4ccccc4S(=O)(=O)NC5=O)N(C(=O)CCNC(=O)OC(C)(C)C)C3)cc(-c3csc(NC(C)C)n3)nc2c1. The number of carbonyl (C=O) groups is 4. The van der Waals surface area contributed by atoms with Gasteiger partial charge in [0.05, 0.1) is 30.6 Å². The minimum atomic E-state index is -4.38. The van der Waals surface area contributed by atoms with E-state index in [-0.39, 0.29) is 43.3 Å². The number of likely N-dealkylation sites (tertiary alicyclic amines) is 1. The molecule has 4 heterocycles. The quantitative estimate of drug-likeness (QED) is 0.103. The van der Waals surface area contributed by atoms with Crippen LogP contribution in [0, 0.1) is 5.92 Å². The predicted molar refractivity (Wildman–Crippen MR) is 248 cm³/mol. The number of fused-ring (bicyclic) bond motifs is 3. The highest BCUT2D eigenvalue weighted by atomic mass is 32.2. The number of allylic oxidation sites excluding steroid dienone is 1. The number of sulfonamides is 1. The number of nitrogens with one attached hydrogen (secondary N) is 5. The Hall–Kier alpha value is -5.95. The van der Waals surface area contributed by atoms with Crippen LogP contribution in [0.25, 0.3) is 22.3 Å². The van der Waals surface area contributed by atoms with Crippen molar-refractivity contribution in [1.82, 2.24) is 30.2 Å². The number of rotatable bonds is 11. The van der Waals surface area contributed by atoms with Crippen LogP contribution in [-0.2, 0) is 29.1 Å². The number of thiazole rings is 1. The number of nitrogens with zero attached hydrogens (tertiary/aromatic N) is 3. The number of anilines is 2. The van der Waals surface area contributed by atoms with E-state index in [0.29, 0.717) is 46.0 Å². The molecule has 1 saturated carbocycles. The number of carbonyl (C=O) groups excluding carboxylic acids is 4. The highest BCUT2D eigenvalue weighted by Crippen LogP contribution is 2.46. The van der Waals surface area contributed by atoms with Gasteiger partial charge in [0.25, 0.3) is 15.9 Å². The molecule has 2 aromatic carbocycles. The van der Waals surface area contributed by atoms with Crippen molar-refractivity contribution in [3.8, 4) is 22.9 Å². The van der Waals surface area contributed by atoms with E-state index in [0.717, 1.165) is 30.8 Å². The van der Waals surface area contributed by atoms with E-state index in [9.17, 15) is 27.6 Å². The third kappa shape index (κ3) is 11.5. The molecule has 2 aliphatic heterocycles. The van der Waals surface area contributed by atoms with Gasteiger partial charge in [-0.3, -0.25) is 14.4 Å². The van der Waals surface area contributed by atoms with Crippen LogP contribution in [0.15, 0.2) is 71.0 Å². The van der Waals surface area contributed by atoms with E-state index in [4.69, 9.17) is 24.2 Å². The van der Waals surface area contributed by atoms with Gasteiger partial charge in [-0.2, -0.15) is 0 Å². The first-order valence-corrected chi connectivity index (χ1v) is 24.3. The van der Waals surface area contributed by atoms with Gasteiger partial charge in [-0.05, 0) is 84.6 Å². The molecule has 2 aromatic heterocycles. The van der Waals surface area contributed by atoms with E-state index in [1.807, 2.05) is 37.4 Å². The van der Waals surface area contributed by atoms with E-state index >= 15 is 0 Å². The van der Waals surface area contributed by atoms with Gasteiger partial charge >= 0.3 is 6.09 Å². The number of amides is 4. The van der Waals surface area contributed by atoms with Crippen molar-refractivity contribution in [2.24, 2.45) is 5.92 Å². The number of ether oxygens (including phenoxy) is 3. The van der Waals surface area contributed by atoms with Crippen LogP contribution in [0.2, 0.25) is 0 Å². The Morgan fingerprint density at radius 2 is 1.85 bits per heavy atom. The van der Waals surface area contributed by atoms with Gasteiger partial charge in [0, 0.05) is 60.8 Å². The van der Waals surface area contributed by atoms with Crippen molar-refractivity contribution < 1.29 is 41.8 Å². The molecule has 0 spiro atoms. The lowest BCUT2D eigenvalue weighted by molar-refractivity contribution is -0.139. The predicted octanol–water partition coefficient (Wildman–Crippen LogP) is 6.37. The van der Waals surface area contributed by atoms with Gasteiger partial charge < -0.3 is 40.4 Å². The zero-order chi connectivity index (χ0) is 46.5. The van der Waals surface area contributed by atoms with Gasteiger partial charge in [0.15, 0.2) is 5.13 Å². The molecule has 17 nitrogen and oxygen atoms in total. The summed E-state index contributed by atoms with van der Waals surface area (Å²) in [6, 6.07) is 12.6. The molecule has 1 aliphatic carbocycles. The molecule has 65 heavy (non-hydrogen) atoms. The van der Waals surface area contributed by atoms with E-state index in [2.05, 4.69) is 26.0 Å². The maximum atomic E-state index is 14.7. The van der Waals surface area contributed by atoms with Crippen molar-refractivity contribution in [2.45, 2.75) is 114 Å². The second-order valence-electron chi connectivity index (χ2n) is 17.8. The van der Waals surface area contributed by atoms with Crippen molar-refractivity contribution in [3.63, 3.8) is 0 Å². The molecule has 0 bridgehead atoms. The smallest absolute Gasteiger partial charge is 0.407 e. The molecule has 3 aliphatic rings. The van der Waals surface area contributed by atoms with E-state index in [1.165, 1.54) is 22.3 Å². The Balaban J connectivity index is 1.18. The number of hydrogen-bond acceptors (Lipinski definition) is 14. The Labute approximate surface area is 383 Å². The lowest BCUT2D eigenvalue weighted by atomic mass is 10.1. The van der Waals surface area contributed by atoms with Crippen LogP contribution in [-0.4, -0.2) is 103 Å². The molecule has 4 amide bonds. The molecule has 5 N–H and O–H groups in total. The summed E-state index contributed by atoms with van der Waals surface area (Å²) < 4.78 is 47.5. The lowest BCUT2D eigenvalue weighted by Crippen LogP contribution is -2.56. The summed E-state index contributed by atoms with van der Waals surface area (Å²) in [5.74, 6) is -1.46. The van der Waals surface area contributed by atoms with Gasteiger partial charge in [0.2, 0.25) is 11.8 Å². The van der Waals surface area contributed by atoms with Gasteiger partial charge in [0.1, 0.15) is 45.4 Å². The Morgan fingerprint density at radius 1 is 1.05 bits per heavy atom. The van der Waals surface area contributed by atoms with Crippen LogP contribution in [0.1, 0.15) is 79.6 Å². The molecule has 1 saturated heterocycles. The Bertz CT molecular complexity index is 2560. The summed E-state index contributed by atoms with van der Waals surface area (Å²) in [4.78, 5) is 66.4. The summed E-state index contributed by atoms with van der Waals surface area (Å²) in [5.41, 5.74) is -0.257. The molecule has 4 atom stereocenters. The average molecular weight is 931 g/mol. The molecular weight excluding hydrogens is 873 g/mol. The average Bonchev–Trinajstić information content (AvgIpc) is 3.51. The molecular formula is C46H58N8O9S2. The molecule has 19 heteroatoms. The fraction of sp³-hybridized carbons (Fsp3) is 0.478. The number of benzene rings is 2. The summed E-state index contributed by atoms with van der Waals surface area (Å²) >= 11 is 1.45. The standard InChI is InChI=1S/C46H58N8O9S2/c1-28(2)49-43-51-36(27-64-43)35-24-38(32-18-17-30(61-6)22-34(32)50-35)62-31-23-37(54(26-31)40(55)19-21-48-44(58)63-45(3,4)5)41(56)52-46-25-29(46)14-10-8-7-9-13-20-47-33-15-11-12-16-39(33)65(59,60)53-42(46)57/h10-12,14-18,22,24,27-29,31,37,47H,7-9,13,19-21,23,25-26H2,1-6H3,(H,48,58)(H,49,51)(H,52,56)(H,53,57)/b14-10-/t29?,31-,37+,46-/m1/s1. The highest BCUT2D eigenvalue weighted by Gasteiger charge is 2.61. The first-order chi connectivity index (χ1) is 30.9. The number of methoxy groups -OCH3 is 1. The number of aromatic nitrogens is 2. The van der Waals surface area contributed by atoms with E-state index in [1.54, 1.807) is 64.3 Å². The largest absolute Gasteiger partial charge is 0.497 e. The first kappa shape index (κ1) is 47.0. The Kier molecular flexibility index (Phi) is 14.2.